The summed E-state index contributed by atoms with van der Waals surface area (Å²) >= 11 is 0. The van der Waals surface area contributed by atoms with Crippen LogP contribution < -0.4 is 10.0 Å². The minimum atomic E-state index is -3.81. The maximum absolute atomic E-state index is 11.7. The molecule has 0 saturated heterocycles. The molecule has 3 N–H and O–H groups in total. The minimum Gasteiger partial charge on any atom is -0.478 e. The van der Waals surface area contributed by atoms with Crippen molar-refractivity contribution in [2.24, 2.45) is 0 Å². The molecule has 1 rings (SSSR count). The van der Waals surface area contributed by atoms with E-state index in [1.807, 2.05) is 0 Å². The number of rotatable bonds is 6. The van der Waals surface area contributed by atoms with E-state index < -0.39 is 16.0 Å². The zero-order valence-electron chi connectivity index (χ0n) is 10.1. The number of pyridine rings is 1. The Bertz CT molecular complexity index is 567. The molecule has 19 heavy (non-hydrogen) atoms. The van der Waals surface area contributed by atoms with Crippen molar-refractivity contribution in [2.75, 3.05) is 13.1 Å². The van der Waals surface area contributed by atoms with Gasteiger partial charge in [0, 0.05) is 26.2 Å². The smallest absolute Gasteiger partial charge is 0.337 e. The van der Waals surface area contributed by atoms with Crippen molar-refractivity contribution in [1.82, 2.24) is 15.0 Å². The molecule has 1 aromatic heterocycles. The lowest BCUT2D eigenvalue weighted by molar-refractivity contribution is -0.118. The van der Waals surface area contributed by atoms with Crippen LogP contribution in [-0.4, -0.2) is 43.5 Å². The van der Waals surface area contributed by atoms with Crippen LogP contribution in [0.4, 0.5) is 0 Å². The highest BCUT2D eigenvalue weighted by Gasteiger charge is 2.15. The van der Waals surface area contributed by atoms with Crippen molar-refractivity contribution in [3.63, 3.8) is 0 Å². The molecule has 0 saturated carbocycles. The molecule has 9 heteroatoms. The summed E-state index contributed by atoms with van der Waals surface area (Å²) in [5, 5.41) is 10.8. The zero-order chi connectivity index (χ0) is 14.5. The van der Waals surface area contributed by atoms with Crippen molar-refractivity contribution < 1.29 is 23.1 Å². The second-order valence-electron chi connectivity index (χ2n) is 3.57. The lowest BCUT2D eigenvalue weighted by Gasteiger charge is -2.06. The van der Waals surface area contributed by atoms with E-state index in [2.05, 4.69) is 15.0 Å². The van der Waals surface area contributed by atoms with E-state index in [-0.39, 0.29) is 29.6 Å². The Labute approximate surface area is 109 Å². The highest BCUT2D eigenvalue weighted by molar-refractivity contribution is 7.89. The highest BCUT2D eigenvalue weighted by atomic mass is 32.2. The average Bonchev–Trinajstić information content (AvgIpc) is 2.34. The van der Waals surface area contributed by atoms with Crippen LogP contribution in [0.2, 0.25) is 0 Å². The van der Waals surface area contributed by atoms with Gasteiger partial charge in [-0.1, -0.05) is 0 Å². The molecule has 0 fully saturated rings. The largest absolute Gasteiger partial charge is 0.478 e. The molecular weight excluding hydrogens is 274 g/mol. The van der Waals surface area contributed by atoms with Crippen molar-refractivity contribution in [2.45, 2.75) is 11.9 Å². The number of hydrogen-bond acceptors (Lipinski definition) is 5. The Balaban J connectivity index is 2.66. The number of nitrogens with zero attached hydrogens (tertiary/aromatic N) is 1. The third-order valence-corrected chi connectivity index (χ3v) is 3.43. The van der Waals surface area contributed by atoms with E-state index in [0.29, 0.717) is 0 Å². The van der Waals surface area contributed by atoms with Gasteiger partial charge in [-0.15, -0.1) is 0 Å². The van der Waals surface area contributed by atoms with Gasteiger partial charge in [-0.3, -0.25) is 4.79 Å². The summed E-state index contributed by atoms with van der Waals surface area (Å²) in [6.07, 6.45) is 0.963. The van der Waals surface area contributed by atoms with E-state index in [9.17, 15) is 18.0 Å². The Morgan fingerprint density at radius 3 is 2.47 bits per heavy atom. The summed E-state index contributed by atoms with van der Waals surface area (Å²) in [5.74, 6) is -1.45. The Kier molecular flexibility index (Phi) is 4.95. The van der Waals surface area contributed by atoms with Gasteiger partial charge >= 0.3 is 5.97 Å². The number of amides is 1. The molecule has 1 aromatic rings. The maximum atomic E-state index is 11.7. The van der Waals surface area contributed by atoms with E-state index in [1.165, 1.54) is 6.92 Å². The molecule has 0 aromatic carbocycles. The number of carbonyl (C=O) groups excluding carboxylic acids is 1. The molecule has 8 nitrogen and oxygen atoms in total. The predicted octanol–water partition coefficient (Wildman–Crippen LogP) is -0.806. The number of carboxylic acids is 1. The topological polar surface area (TPSA) is 125 Å². The molecule has 104 valence electrons. The number of aromatic nitrogens is 1. The van der Waals surface area contributed by atoms with Crippen LogP contribution in [0.5, 0.6) is 0 Å². The SMILES string of the molecule is CC(=O)NCCNS(=O)(=O)c1ccc(C(=O)O)cn1. The summed E-state index contributed by atoms with van der Waals surface area (Å²) in [6, 6.07) is 2.25. The lowest BCUT2D eigenvalue weighted by Crippen LogP contribution is -2.34. The van der Waals surface area contributed by atoms with Gasteiger partial charge in [0.2, 0.25) is 5.91 Å². The molecule has 0 spiro atoms. The average molecular weight is 287 g/mol. The van der Waals surface area contributed by atoms with Crippen molar-refractivity contribution in [1.29, 1.82) is 0 Å². The van der Waals surface area contributed by atoms with E-state index in [0.717, 1.165) is 18.3 Å². The zero-order valence-corrected chi connectivity index (χ0v) is 10.9. The van der Waals surface area contributed by atoms with Crippen LogP contribution in [0.1, 0.15) is 17.3 Å². The van der Waals surface area contributed by atoms with Crippen molar-refractivity contribution >= 4 is 21.9 Å². The molecule has 1 heterocycles. The van der Waals surface area contributed by atoms with Gasteiger partial charge in [-0.2, -0.15) is 0 Å². The van der Waals surface area contributed by atoms with Crippen LogP contribution in [-0.2, 0) is 14.8 Å². The lowest BCUT2D eigenvalue weighted by atomic mass is 10.3. The Hall–Kier alpha value is -2.00. The molecular formula is C10H13N3O5S. The van der Waals surface area contributed by atoms with Gasteiger partial charge in [0.1, 0.15) is 0 Å². The monoisotopic (exact) mass is 287 g/mol. The van der Waals surface area contributed by atoms with Crippen LogP contribution in [0, 0.1) is 0 Å². The van der Waals surface area contributed by atoms with E-state index >= 15 is 0 Å². The molecule has 0 aliphatic rings. The fraction of sp³-hybridized carbons (Fsp3) is 0.300. The van der Waals surface area contributed by atoms with Crippen LogP contribution in [0.25, 0.3) is 0 Å². The third-order valence-electron chi connectivity index (χ3n) is 2.05. The van der Waals surface area contributed by atoms with Crippen LogP contribution in [0.3, 0.4) is 0 Å². The van der Waals surface area contributed by atoms with Gasteiger partial charge in [0.15, 0.2) is 5.03 Å². The predicted molar refractivity (Wildman–Crippen MR) is 65.1 cm³/mol. The second kappa shape index (κ2) is 6.25. The van der Waals surface area contributed by atoms with Crippen LogP contribution >= 0.6 is 0 Å². The van der Waals surface area contributed by atoms with Crippen molar-refractivity contribution in [3.8, 4) is 0 Å². The standard InChI is InChI=1S/C10H13N3O5S/c1-7(14)11-4-5-13-19(17,18)9-3-2-8(6-12-9)10(15)16/h2-3,6,13H,4-5H2,1H3,(H,11,14)(H,15,16). The first-order valence-electron chi connectivity index (χ1n) is 5.26. The molecule has 0 bridgehead atoms. The summed E-state index contributed by atoms with van der Waals surface area (Å²) in [7, 11) is -3.81. The number of hydrogen-bond donors (Lipinski definition) is 3. The Morgan fingerprint density at radius 1 is 1.32 bits per heavy atom. The number of sulfonamides is 1. The first kappa shape index (κ1) is 15.1. The summed E-state index contributed by atoms with van der Waals surface area (Å²) in [6.45, 7) is 1.49. The normalized spacial score (nSPS) is 11.0. The third kappa shape index (κ3) is 4.64. The maximum Gasteiger partial charge on any atom is 0.337 e. The summed E-state index contributed by atoms with van der Waals surface area (Å²) in [4.78, 5) is 24.7. The highest BCUT2D eigenvalue weighted by Crippen LogP contribution is 2.06. The summed E-state index contributed by atoms with van der Waals surface area (Å²) in [5.41, 5.74) is -0.0998. The van der Waals surface area contributed by atoms with Gasteiger partial charge < -0.3 is 10.4 Å². The Morgan fingerprint density at radius 2 is 2.00 bits per heavy atom. The molecule has 0 radical (unpaired) electrons. The van der Waals surface area contributed by atoms with Gasteiger partial charge in [0.25, 0.3) is 10.0 Å². The van der Waals surface area contributed by atoms with E-state index in [1.54, 1.807) is 0 Å². The fourth-order valence-electron chi connectivity index (χ4n) is 1.16. The molecule has 0 aliphatic heterocycles. The minimum absolute atomic E-state index is 0.0181. The van der Waals surface area contributed by atoms with E-state index in [4.69, 9.17) is 5.11 Å². The molecule has 0 atom stereocenters. The first-order valence-corrected chi connectivity index (χ1v) is 6.74. The molecule has 0 aliphatic carbocycles. The van der Waals surface area contributed by atoms with Crippen LogP contribution in [0.15, 0.2) is 23.4 Å². The number of carboxylic acid groups (broad SMARTS) is 1. The number of carbonyl (C=O) groups is 2. The van der Waals surface area contributed by atoms with Gasteiger partial charge in [0.05, 0.1) is 5.56 Å². The van der Waals surface area contributed by atoms with Crippen molar-refractivity contribution in [3.05, 3.63) is 23.9 Å². The quantitative estimate of drug-likeness (QED) is 0.588. The molecule has 1 amide bonds. The number of nitrogens with one attached hydrogen (secondary N) is 2. The summed E-state index contributed by atoms with van der Waals surface area (Å²) < 4.78 is 25.7. The second-order valence-corrected chi connectivity index (χ2v) is 5.28. The van der Waals surface area contributed by atoms with Gasteiger partial charge in [-0.25, -0.2) is 22.9 Å². The molecule has 0 unspecified atom stereocenters. The first-order chi connectivity index (χ1) is 8.83. The number of aromatic carboxylic acids is 1. The van der Waals surface area contributed by atoms with Gasteiger partial charge in [-0.05, 0) is 12.1 Å². The fourth-order valence-corrected chi connectivity index (χ4v) is 2.12.